The van der Waals surface area contributed by atoms with Crippen molar-refractivity contribution in [1.29, 1.82) is 0 Å². The van der Waals surface area contributed by atoms with Gasteiger partial charge in [-0.2, -0.15) is 0 Å². The summed E-state index contributed by atoms with van der Waals surface area (Å²) in [6, 6.07) is 7.51. The molecule has 18 heavy (non-hydrogen) atoms. The Kier molecular flexibility index (Phi) is 3.02. The highest BCUT2D eigenvalue weighted by Crippen LogP contribution is 2.39. The average Bonchev–Trinajstić information content (AvgIpc) is 3.11. The number of benzene rings is 1. The topological polar surface area (TPSA) is 68.0 Å². The number of nitrogens with one attached hydrogen (secondary N) is 1. The molecule has 0 unspecified atom stereocenters. The molecule has 1 aromatic carbocycles. The molecular weight excluding hydrogens is 345 g/mol. The van der Waals surface area contributed by atoms with E-state index in [4.69, 9.17) is 4.42 Å². The monoisotopic (exact) mass is 355 g/mol. The second-order valence-electron chi connectivity index (χ2n) is 4.15. The Hall–Kier alpha value is -1.44. The van der Waals surface area contributed by atoms with Gasteiger partial charge < -0.3 is 4.42 Å². The first-order chi connectivity index (χ1) is 8.74. The van der Waals surface area contributed by atoms with Gasteiger partial charge in [-0.25, -0.2) is 0 Å². The SMILES string of the molecule is O=C(Nc1nnc(C2CC2)o1)c1ccccc1I. The highest BCUT2D eigenvalue weighted by molar-refractivity contribution is 14.1. The van der Waals surface area contributed by atoms with Crippen LogP contribution in [0.5, 0.6) is 0 Å². The standard InChI is InChI=1S/C12H10IN3O2/c13-9-4-2-1-3-8(9)10(17)14-12-16-15-11(18-12)7-5-6-7/h1-4,7H,5-6H2,(H,14,16,17). The minimum Gasteiger partial charge on any atom is -0.408 e. The van der Waals surface area contributed by atoms with Crippen molar-refractivity contribution in [1.82, 2.24) is 10.2 Å². The molecule has 1 saturated carbocycles. The van der Waals surface area contributed by atoms with E-state index in [9.17, 15) is 4.79 Å². The minimum absolute atomic E-state index is 0.168. The molecule has 1 aliphatic rings. The van der Waals surface area contributed by atoms with Crippen molar-refractivity contribution < 1.29 is 9.21 Å². The first kappa shape index (κ1) is 11.6. The summed E-state index contributed by atoms with van der Waals surface area (Å²) in [6.45, 7) is 0. The number of hydrogen-bond acceptors (Lipinski definition) is 4. The van der Waals surface area contributed by atoms with Gasteiger partial charge in [-0.15, -0.1) is 5.10 Å². The molecule has 5 nitrogen and oxygen atoms in total. The van der Waals surface area contributed by atoms with E-state index in [1.165, 1.54) is 0 Å². The number of aromatic nitrogens is 2. The Morgan fingerprint density at radius 3 is 2.83 bits per heavy atom. The summed E-state index contributed by atoms with van der Waals surface area (Å²) < 4.78 is 6.27. The summed E-state index contributed by atoms with van der Waals surface area (Å²) in [5, 5.41) is 10.4. The molecule has 3 rings (SSSR count). The molecule has 1 aliphatic carbocycles. The Morgan fingerprint density at radius 1 is 1.33 bits per heavy atom. The van der Waals surface area contributed by atoms with Gasteiger partial charge in [0.25, 0.3) is 5.91 Å². The maximum Gasteiger partial charge on any atom is 0.322 e. The highest BCUT2D eigenvalue weighted by atomic mass is 127. The summed E-state index contributed by atoms with van der Waals surface area (Å²) in [5.74, 6) is 0.777. The molecule has 1 heterocycles. The predicted molar refractivity (Wildman–Crippen MR) is 73.4 cm³/mol. The summed E-state index contributed by atoms with van der Waals surface area (Å²) in [7, 11) is 0. The lowest BCUT2D eigenvalue weighted by Gasteiger charge is -2.02. The van der Waals surface area contributed by atoms with Gasteiger partial charge in [-0.05, 0) is 47.6 Å². The van der Waals surface area contributed by atoms with Crippen LogP contribution in [0, 0.1) is 3.57 Å². The van der Waals surface area contributed by atoms with Gasteiger partial charge in [0.1, 0.15) is 0 Å². The van der Waals surface area contributed by atoms with Crippen LogP contribution >= 0.6 is 22.6 Å². The third kappa shape index (κ3) is 2.38. The van der Waals surface area contributed by atoms with Crippen LogP contribution in [0.15, 0.2) is 28.7 Å². The lowest BCUT2D eigenvalue weighted by molar-refractivity contribution is 0.102. The number of anilines is 1. The molecule has 0 bridgehead atoms. The van der Waals surface area contributed by atoms with Crippen LogP contribution in [-0.4, -0.2) is 16.1 Å². The zero-order valence-corrected chi connectivity index (χ0v) is 11.5. The van der Waals surface area contributed by atoms with Crippen LogP contribution in [-0.2, 0) is 0 Å². The van der Waals surface area contributed by atoms with Gasteiger partial charge in [0.15, 0.2) is 0 Å². The number of nitrogens with zero attached hydrogens (tertiary/aromatic N) is 2. The summed E-state index contributed by atoms with van der Waals surface area (Å²) >= 11 is 2.12. The summed E-state index contributed by atoms with van der Waals surface area (Å²) in [6.07, 6.45) is 2.18. The molecule has 1 N–H and O–H groups in total. The fraction of sp³-hybridized carbons (Fsp3) is 0.250. The first-order valence-electron chi connectivity index (χ1n) is 5.63. The Bertz CT molecular complexity index is 593. The molecule has 1 fully saturated rings. The van der Waals surface area contributed by atoms with Crippen LogP contribution < -0.4 is 5.32 Å². The number of carbonyl (C=O) groups excluding carboxylic acids is 1. The second kappa shape index (κ2) is 4.68. The van der Waals surface area contributed by atoms with Crippen LogP contribution in [0.25, 0.3) is 0 Å². The van der Waals surface area contributed by atoms with Crippen molar-refractivity contribution in [3.63, 3.8) is 0 Å². The van der Waals surface area contributed by atoms with Crippen LogP contribution in [0.1, 0.15) is 35.0 Å². The van der Waals surface area contributed by atoms with E-state index in [1.807, 2.05) is 18.2 Å². The number of amides is 1. The van der Waals surface area contributed by atoms with E-state index in [0.29, 0.717) is 17.4 Å². The molecular formula is C12H10IN3O2. The zero-order chi connectivity index (χ0) is 12.5. The number of rotatable bonds is 3. The lowest BCUT2D eigenvalue weighted by Crippen LogP contribution is -2.13. The fourth-order valence-electron chi connectivity index (χ4n) is 1.59. The average molecular weight is 355 g/mol. The number of carbonyl (C=O) groups is 1. The van der Waals surface area contributed by atoms with Gasteiger partial charge in [0, 0.05) is 9.49 Å². The fourth-order valence-corrected chi connectivity index (χ4v) is 2.22. The van der Waals surface area contributed by atoms with Crippen LogP contribution in [0.3, 0.4) is 0 Å². The van der Waals surface area contributed by atoms with Crippen molar-refractivity contribution in [3.05, 3.63) is 39.3 Å². The largest absolute Gasteiger partial charge is 0.408 e. The van der Waals surface area contributed by atoms with Crippen molar-refractivity contribution in [3.8, 4) is 0 Å². The van der Waals surface area contributed by atoms with Gasteiger partial charge in [-0.1, -0.05) is 17.2 Å². The van der Waals surface area contributed by atoms with Gasteiger partial charge in [0.05, 0.1) is 5.56 Å². The second-order valence-corrected chi connectivity index (χ2v) is 5.32. The quantitative estimate of drug-likeness (QED) is 0.860. The molecule has 0 atom stereocenters. The summed E-state index contributed by atoms with van der Waals surface area (Å²) in [4.78, 5) is 12.0. The highest BCUT2D eigenvalue weighted by Gasteiger charge is 2.29. The maximum absolute atomic E-state index is 12.0. The maximum atomic E-state index is 12.0. The van der Waals surface area contributed by atoms with Gasteiger partial charge in [-0.3, -0.25) is 10.1 Å². The van der Waals surface area contributed by atoms with Gasteiger partial charge >= 0.3 is 6.01 Å². The smallest absolute Gasteiger partial charge is 0.322 e. The Balaban J connectivity index is 1.75. The molecule has 1 amide bonds. The van der Waals surface area contributed by atoms with E-state index < -0.39 is 0 Å². The van der Waals surface area contributed by atoms with Crippen LogP contribution in [0.2, 0.25) is 0 Å². The predicted octanol–water partition coefficient (Wildman–Crippen LogP) is 2.80. The molecule has 1 aromatic heterocycles. The molecule has 0 aliphatic heterocycles. The Labute approximate surface area is 117 Å². The molecule has 6 heteroatoms. The van der Waals surface area contributed by atoms with E-state index in [0.717, 1.165) is 16.4 Å². The van der Waals surface area contributed by atoms with E-state index in [1.54, 1.807) is 6.07 Å². The van der Waals surface area contributed by atoms with E-state index >= 15 is 0 Å². The van der Waals surface area contributed by atoms with E-state index in [2.05, 4.69) is 38.1 Å². The van der Waals surface area contributed by atoms with Crippen molar-refractivity contribution in [2.75, 3.05) is 5.32 Å². The number of hydrogen-bond donors (Lipinski definition) is 1. The van der Waals surface area contributed by atoms with Crippen molar-refractivity contribution >= 4 is 34.5 Å². The molecule has 0 saturated heterocycles. The Morgan fingerprint density at radius 2 is 2.11 bits per heavy atom. The van der Waals surface area contributed by atoms with Crippen molar-refractivity contribution in [2.45, 2.75) is 18.8 Å². The number of halogens is 1. The molecule has 92 valence electrons. The minimum atomic E-state index is -0.231. The third-order valence-corrected chi connectivity index (χ3v) is 3.65. The molecule has 0 spiro atoms. The normalized spacial score (nSPS) is 14.5. The van der Waals surface area contributed by atoms with E-state index in [-0.39, 0.29) is 11.9 Å². The third-order valence-electron chi connectivity index (χ3n) is 2.71. The zero-order valence-electron chi connectivity index (χ0n) is 9.39. The summed E-state index contributed by atoms with van der Waals surface area (Å²) in [5.41, 5.74) is 0.601. The first-order valence-corrected chi connectivity index (χ1v) is 6.71. The van der Waals surface area contributed by atoms with Gasteiger partial charge in [0.2, 0.25) is 5.89 Å². The lowest BCUT2D eigenvalue weighted by atomic mass is 10.2. The molecule has 0 radical (unpaired) electrons. The van der Waals surface area contributed by atoms with Crippen LogP contribution in [0.4, 0.5) is 6.01 Å². The molecule has 2 aromatic rings. The van der Waals surface area contributed by atoms with Crippen molar-refractivity contribution in [2.24, 2.45) is 0 Å².